The number of carbonyl (C=O) groups excluding carboxylic acids is 1. The second kappa shape index (κ2) is 8.78. The highest BCUT2D eigenvalue weighted by atomic mass is 32.2. The lowest BCUT2D eigenvalue weighted by Crippen LogP contribution is -2.45. The molecule has 0 unspecified atom stereocenters. The van der Waals surface area contributed by atoms with Crippen LogP contribution in [0.25, 0.3) is 0 Å². The van der Waals surface area contributed by atoms with E-state index in [-0.39, 0.29) is 18.4 Å². The molecule has 0 aromatic heterocycles. The Labute approximate surface area is 150 Å². The predicted octanol–water partition coefficient (Wildman–Crippen LogP) is 1.86. The zero-order valence-corrected chi connectivity index (χ0v) is 16.1. The summed E-state index contributed by atoms with van der Waals surface area (Å²) in [5.41, 5.74) is 1.64. The lowest BCUT2D eigenvalue weighted by molar-refractivity contribution is -0.126. The minimum Gasteiger partial charge on any atom is -0.385 e. The minimum absolute atomic E-state index is 0.0723. The summed E-state index contributed by atoms with van der Waals surface area (Å²) < 4.78 is 32.4. The third kappa shape index (κ3) is 5.03. The Morgan fingerprint density at radius 2 is 2.12 bits per heavy atom. The van der Waals surface area contributed by atoms with Gasteiger partial charge in [-0.1, -0.05) is 12.1 Å². The largest absolute Gasteiger partial charge is 0.385 e. The van der Waals surface area contributed by atoms with Crippen molar-refractivity contribution in [3.63, 3.8) is 0 Å². The number of hydrogen-bond donors (Lipinski definition) is 1. The van der Waals surface area contributed by atoms with Gasteiger partial charge in [0.05, 0.1) is 10.8 Å². The molecule has 1 atom stereocenters. The van der Waals surface area contributed by atoms with Crippen molar-refractivity contribution in [2.24, 2.45) is 5.92 Å². The highest BCUT2D eigenvalue weighted by molar-refractivity contribution is 7.89. The van der Waals surface area contributed by atoms with Crippen LogP contribution in [0, 0.1) is 19.8 Å². The van der Waals surface area contributed by atoms with Crippen LogP contribution in [0.3, 0.4) is 0 Å². The van der Waals surface area contributed by atoms with Gasteiger partial charge in [0.1, 0.15) is 0 Å². The van der Waals surface area contributed by atoms with Crippen LogP contribution in [0.15, 0.2) is 23.1 Å². The fourth-order valence-electron chi connectivity index (χ4n) is 3.07. The minimum atomic E-state index is -3.58. The number of ether oxygens (including phenoxy) is 1. The van der Waals surface area contributed by atoms with E-state index in [1.54, 1.807) is 20.1 Å². The maximum atomic E-state index is 13.0. The molecule has 1 fully saturated rings. The van der Waals surface area contributed by atoms with E-state index in [4.69, 9.17) is 4.74 Å². The Hall–Kier alpha value is -1.44. The Kier molecular flexibility index (Phi) is 6.98. The Balaban J connectivity index is 2.07. The molecule has 1 N–H and O–H groups in total. The highest BCUT2D eigenvalue weighted by Crippen LogP contribution is 2.26. The summed E-state index contributed by atoms with van der Waals surface area (Å²) in [6.45, 7) is 5.53. The summed E-state index contributed by atoms with van der Waals surface area (Å²) in [4.78, 5) is 12.7. The van der Waals surface area contributed by atoms with Gasteiger partial charge in [0.25, 0.3) is 0 Å². The van der Waals surface area contributed by atoms with Crippen molar-refractivity contribution in [3.05, 3.63) is 29.3 Å². The molecule has 140 valence electrons. The van der Waals surface area contributed by atoms with Crippen LogP contribution in [-0.4, -0.2) is 52.0 Å². The number of amides is 1. The van der Waals surface area contributed by atoms with E-state index in [9.17, 15) is 13.2 Å². The third-order valence-corrected chi connectivity index (χ3v) is 6.55. The molecular formula is C18H28N2O4S. The van der Waals surface area contributed by atoms with Crippen molar-refractivity contribution in [1.29, 1.82) is 0 Å². The molecule has 1 aliphatic heterocycles. The van der Waals surface area contributed by atoms with Gasteiger partial charge in [0, 0.05) is 33.4 Å². The van der Waals surface area contributed by atoms with Gasteiger partial charge in [-0.05, 0) is 50.3 Å². The summed E-state index contributed by atoms with van der Waals surface area (Å²) in [6, 6.07) is 5.44. The topological polar surface area (TPSA) is 75.7 Å². The van der Waals surface area contributed by atoms with Crippen LogP contribution in [0.2, 0.25) is 0 Å². The summed E-state index contributed by atoms with van der Waals surface area (Å²) in [7, 11) is -1.95. The van der Waals surface area contributed by atoms with Crippen molar-refractivity contribution in [3.8, 4) is 0 Å². The molecule has 0 radical (unpaired) electrons. The monoisotopic (exact) mass is 368 g/mol. The number of rotatable bonds is 7. The summed E-state index contributed by atoms with van der Waals surface area (Å²) in [6.07, 6.45) is 2.16. The van der Waals surface area contributed by atoms with Crippen molar-refractivity contribution in [2.45, 2.75) is 38.0 Å². The van der Waals surface area contributed by atoms with Crippen molar-refractivity contribution >= 4 is 15.9 Å². The molecule has 0 bridgehead atoms. The van der Waals surface area contributed by atoms with E-state index in [0.717, 1.165) is 24.0 Å². The first kappa shape index (κ1) is 19.9. The summed E-state index contributed by atoms with van der Waals surface area (Å²) in [5.74, 6) is -0.367. The number of carbonyl (C=O) groups is 1. The smallest absolute Gasteiger partial charge is 0.243 e. The number of hydrogen-bond acceptors (Lipinski definition) is 4. The number of piperidine rings is 1. The standard InChI is InChI=1S/C18H28N2O4S/c1-14-7-8-15(2)17(12-14)25(22,23)20-10-4-6-16(13-20)18(21)19-9-5-11-24-3/h7-8,12,16H,4-6,9-11,13H2,1-3H3,(H,19,21)/t16-/m1/s1. The number of aryl methyl sites for hydroxylation is 2. The maximum Gasteiger partial charge on any atom is 0.243 e. The zero-order chi connectivity index (χ0) is 18.4. The molecule has 1 aliphatic rings. The molecule has 1 heterocycles. The molecule has 1 amide bonds. The fraction of sp³-hybridized carbons (Fsp3) is 0.611. The third-order valence-electron chi connectivity index (χ3n) is 4.54. The van der Waals surface area contributed by atoms with Gasteiger partial charge >= 0.3 is 0 Å². The van der Waals surface area contributed by atoms with Crippen LogP contribution in [0.5, 0.6) is 0 Å². The average Bonchev–Trinajstić information content (AvgIpc) is 2.60. The quantitative estimate of drug-likeness (QED) is 0.746. The summed E-state index contributed by atoms with van der Waals surface area (Å²) in [5, 5.41) is 2.88. The van der Waals surface area contributed by atoms with Crippen LogP contribution in [0.1, 0.15) is 30.4 Å². The number of nitrogens with zero attached hydrogens (tertiary/aromatic N) is 1. The number of sulfonamides is 1. The second-order valence-corrected chi connectivity index (χ2v) is 8.51. The van der Waals surface area contributed by atoms with E-state index in [2.05, 4.69) is 5.32 Å². The maximum absolute atomic E-state index is 13.0. The molecular weight excluding hydrogens is 340 g/mol. The van der Waals surface area contributed by atoms with Gasteiger partial charge in [-0.2, -0.15) is 4.31 Å². The van der Waals surface area contributed by atoms with Crippen LogP contribution in [0.4, 0.5) is 0 Å². The summed E-state index contributed by atoms with van der Waals surface area (Å²) >= 11 is 0. The first-order valence-corrected chi connectivity index (χ1v) is 10.1. The van der Waals surface area contributed by atoms with E-state index < -0.39 is 10.0 Å². The SMILES string of the molecule is COCCCNC(=O)[C@@H]1CCCN(S(=O)(=O)c2cc(C)ccc2C)C1. The van der Waals surface area contributed by atoms with E-state index in [1.807, 2.05) is 19.1 Å². The van der Waals surface area contributed by atoms with Crippen molar-refractivity contribution in [2.75, 3.05) is 33.4 Å². The van der Waals surface area contributed by atoms with Gasteiger partial charge in [-0.15, -0.1) is 0 Å². The van der Waals surface area contributed by atoms with E-state index in [1.165, 1.54) is 4.31 Å². The number of nitrogens with one attached hydrogen (secondary N) is 1. The zero-order valence-electron chi connectivity index (χ0n) is 15.2. The molecule has 6 nitrogen and oxygen atoms in total. The van der Waals surface area contributed by atoms with Crippen LogP contribution >= 0.6 is 0 Å². The van der Waals surface area contributed by atoms with Crippen molar-refractivity contribution < 1.29 is 17.9 Å². The first-order chi connectivity index (χ1) is 11.9. The number of methoxy groups -OCH3 is 1. The van der Waals surface area contributed by atoms with Crippen LogP contribution in [-0.2, 0) is 19.6 Å². The molecule has 0 saturated carbocycles. The molecule has 2 rings (SSSR count). The Morgan fingerprint density at radius 3 is 2.84 bits per heavy atom. The lowest BCUT2D eigenvalue weighted by atomic mass is 9.99. The molecule has 1 saturated heterocycles. The van der Waals surface area contributed by atoms with Crippen molar-refractivity contribution in [1.82, 2.24) is 9.62 Å². The molecule has 0 spiro atoms. The normalized spacial score (nSPS) is 18.9. The van der Waals surface area contributed by atoms with Gasteiger partial charge in [-0.3, -0.25) is 4.79 Å². The highest BCUT2D eigenvalue weighted by Gasteiger charge is 2.33. The predicted molar refractivity (Wildman–Crippen MR) is 96.9 cm³/mol. The second-order valence-electron chi connectivity index (χ2n) is 6.61. The molecule has 25 heavy (non-hydrogen) atoms. The molecule has 1 aromatic rings. The molecule has 0 aliphatic carbocycles. The van der Waals surface area contributed by atoms with E-state index >= 15 is 0 Å². The van der Waals surface area contributed by atoms with Gasteiger partial charge < -0.3 is 10.1 Å². The van der Waals surface area contributed by atoms with E-state index in [0.29, 0.717) is 31.0 Å². The average molecular weight is 368 g/mol. The molecule has 7 heteroatoms. The fourth-order valence-corrected chi connectivity index (χ4v) is 4.91. The number of benzene rings is 1. The van der Waals surface area contributed by atoms with Gasteiger partial charge in [0.15, 0.2) is 0 Å². The van der Waals surface area contributed by atoms with Gasteiger partial charge in [0.2, 0.25) is 15.9 Å². The first-order valence-electron chi connectivity index (χ1n) is 8.70. The van der Waals surface area contributed by atoms with Crippen LogP contribution < -0.4 is 5.32 Å². The Bertz CT molecular complexity index is 703. The Morgan fingerprint density at radius 1 is 1.36 bits per heavy atom. The van der Waals surface area contributed by atoms with Gasteiger partial charge in [-0.25, -0.2) is 8.42 Å². The lowest BCUT2D eigenvalue weighted by Gasteiger charge is -2.31. The molecule has 1 aromatic carbocycles.